The molecule has 0 amide bonds. The Labute approximate surface area is 86.8 Å². The van der Waals surface area contributed by atoms with Gasteiger partial charge in [0.1, 0.15) is 0 Å². The van der Waals surface area contributed by atoms with Crippen molar-refractivity contribution in [3.05, 3.63) is 29.6 Å². The average molecular weight is 208 g/mol. The normalized spacial score (nSPS) is 8.73. The molecule has 0 radical (unpaired) electrons. The van der Waals surface area contributed by atoms with Crippen LogP contribution in [0.3, 0.4) is 0 Å². The summed E-state index contributed by atoms with van der Waals surface area (Å²) in [5.41, 5.74) is 0.388. The lowest BCUT2D eigenvalue weighted by Gasteiger charge is -2.00. The van der Waals surface area contributed by atoms with Crippen LogP contribution in [0.25, 0.3) is 0 Å². The Balaban J connectivity index is 2.92. The number of rotatable bonds is 1. The Hall–Kier alpha value is -2.02. The van der Waals surface area contributed by atoms with Crippen LogP contribution < -0.4 is 4.74 Å². The van der Waals surface area contributed by atoms with E-state index in [4.69, 9.17) is 4.74 Å². The highest BCUT2D eigenvalue weighted by atomic mass is 19.1. The molecule has 1 rings (SSSR count). The summed E-state index contributed by atoms with van der Waals surface area (Å²) >= 11 is 0. The molecule has 4 heteroatoms. The minimum Gasteiger partial charge on any atom is -0.494 e. The molecule has 0 heterocycles. The van der Waals surface area contributed by atoms with E-state index in [-0.39, 0.29) is 5.75 Å². The summed E-state index contributed by atoms with van der Waals surface area (Å²) in [5, 5.41) is 0. The van der Waals surface area contributed by atoms with Crippen molar-refractivity contribution in [3.8, 4) is 17.6 Å². The van der Waals surface area contributed by atoms with E-state index >= 15 is 0 Å². The number of carbonyl (C=O) groups excluding carboxylic acids is 1. The zero-order valence-corrected chi connectivity index (χ0v) is 8.33. The molecule has 0 fully saturated rings. The number of halogens is 1. The van der Waals surface area contributed by atoms with Crippen molar-refractivity contribution in [2.75, 3.05) is 14.2 Å². The molecule has 0 N–H and O–H groups in total. The number of ether oxygens (including phenoxy) is 2. The van der Waals surface area contributed by atoms with Gasteiger partial charge in [0.2, 0.25) is 0 Å². The molecule has 0 aromatic heterocycles. The topological polar surface area (TPSA) is 35.5 Å². The number of hydrogen-bond acceptors (Lipinski definition) is 3. The monoisotopic (exact) mass is 208 g/mol. The van der Waals surface area contributed by atoms with Gasteiger partial charge in [-0.3, -0.25) is 0 Å². The molecule has 1 aromatic carbocycles. The maximum atomic E-state index is 13.1. The van der Waals surface area contributed by atoms with Crippen molar-refractivity contribution < 1.29 is 18.7 Å². The number of carbonyl (C=O) groups is 1. The molecule has 0 unspecified atom stereocenters. The van der Waals surface area contributed by atoms with Gasteiger partial charge in [-0.25, -0.2) is 9.18 Å². The van der Waals surface area contributed by atoms with E-state index in [1.165, 1.54) is 26.4 Å². The van der Waals surface area contributed by atoms with Gasteiger partial charge in [0.25, 0.3) is 0 Å². The first-order valence-corrected chi connectivity index (χ1v) is 4.11. The average Bonchev–Trinajstić information content (AvgIpc) is 2.26. The van der Waals surface area contributed by atoms with Crippen LogP contribution in [0.2, 0.25) is 0 Å². The number of benzene rings is 1. The summed E-state index contributed by atoms with van der Waals surface area (Å²) in [5.74, 6) is 3.62. The third-order valence-corrected chi connectivity index (χ3v) is 1.65. The van der Waals surface area contributed by atoms with Gasteiger partial charge in [-0.1, -0.05) is 5.92 Å². The minimum absolute atomic E-state index is 0.138. The Bertz CT molecular complexity index is 429. The molecule has 0 spiro atoms. The minimum atomic E-state index is -0.661. The van der Waals surface area contributed by atoms with Crippen molar-refractivity contribution >= 4 is 5.97 Å². The van der Waals surface area contributed by atoms with Crippen molar-refractivity contribution in [1.29, 1.82) is 0 Å². The fraction of sp³-hybridized carbons (Fsp3) is 0.182. The van der Waals surface area contributed by atoms with E-state index in [1.807, 2.05) is 0 Å². The molecular formula is C11H9FO3. The Kier molecular flexibility index (Phi) is 3.69. The first-order chi connectivity index (χ1) is 7.17. The Morgan fingerprint density at radius 1 is 1.40 bits per heavy atom. The van der Waals surface area contributed by atoms with Crippen LogP contribution in [0.4, 0.5) is 4.39 Å². The predicted molar refractivity (Wildman–Crippen MR) is 51.8 cm³/mol. The van der Waals surface area contributed by atoms with Crippen LogP contribution in [0.15, 0.2) is 18.2 Å². The van der Waals surface area contributed by atoms with Gasteiger partial charge in [0.15, 0.2) is 11.6 Å². The van der Waals surface area contributed by atoms with Gasteiger partial charge in [-0.15, -0.1) is 0 Å². The molecule has 0 aliphatic carbocycles. The SMILES string of the molecule is COC(=O)C#Cc1ccc(OC)c(F)c1. The van der Waals surface area contributed by atoms with Crippen LogP contribution in [0, 0.1) is 17.7 Å². The number of hydrogen-bond donors (Lipinski definition) is 0. The highest BCUT2D eigenvalue weighted by Crippen LogP contribution is 2.16. The number of esters is 1. The second-order valence-electron chi connectivity index (χ2n) is 2.59. The Morgan fingerprint density at radius 2 is 2.13 bits per heavy atom. The number of methoxy groups -OCH3 is 2. The van der Waals surface area contributed by atoms with Gasteiger partial charge in [0.05, 0.1) is 14.2 Å². The van der Waals surface area contributed by atoms with E-state index < -0.39 is 11.8 Å². The van der Waals surface area contributed by atoms with Gasteiger partial charge in [0, 0.05) is 11.5 Å². The lowest BCUT2D eigenvalue weighted by atomic mass is 10.2. The first kappa shape index (κ1) is 11.1. The Morgan fingerprint density at radius 3 is 2.67 bits per heavy atom. The molecule has 0 saturated heterocycles. The molecule has 0 saturated carbocycles. The molecular weight excluding hydrogens is 199 g/mol. The van der Waals surface area contributed by atoms with E-state index in [1.54, 1.807) is 6.07 Å². The zero-order valence-electron chi connectivity index (χ0n) is 8.33. The van der Waals surface area contributed by atoms with Crippen LogP contribution in [0.1, 0.15) is 5.56 Å². The summed E-state index contributed by atoms with van der Waals surface area (Å²) in [7, 11) is 2.60. The lowest BCUT2D eigenvalue weighted by Crippen LogP contribution is -1.94. The van der Waals surface area contributed by atoms with Gasteiger partial charge >= 0.3 is 5.97 Å². The van der Waals surface area contributed by atoms with Gasteiger partial charge in [-0.05, 0) is 18.2 Å². The van der Waals surface area contributed by atoms with E-state index in [0.29, 0.717) is 5.56 Å². The maximum Gasteiger partial charge on any atom is 0.384 e. The van der Waals surface area contributed by atoms with Crippen molar-refractivity contribution in [3.63, 3.8) is 0 Å². The molecule has 1 aromatic rings. The molecule has 15 heavy (non-hydrogen) atoms. The summed E-state index contributed by atoms with van der Waals surface area (Å²) in [4.78, 5) is 10.7. The molecule has 0 aliphatic heterocycles. The largest absolute Gasteiger partial charge is 0.494 e. The fourth-order valence-corrected chi connectivity index (χ4v) is 0.918. The standard InChI is InChI=1S/C11H9FO3/c1-14-10-5-3-8(7-9(10)12)4-6-11(13)15-2/h3,5,7H,1-2H3. The second-order valence-corrected chi connectivity index (χ2v) is 2.59. The third-order valence-electron chi connectivity index (χ3n) is 1.65. The second kappa shape index (κ2) is 5.01. The van der Waals surface area contributed by atoms with E-state index in [9.17, 15) is 9.18 Å². The molecule has 0 aliphatic rings. The van der Waals surface area contributed by atoms with Crippen LogP contribution in [-0.2, 0) is 9.53 Å². The van der Waals surface area contributed by atoms with Gasteiger partial charge in [-0.2, -0.15) is 0 Å². The highest BCUT2D eigenvalue weighted by molar-refractivity contribution is 5.88. The molecule has 0 atom stereocenters. The van der Waals surface area contributed by atoms with Crippen LogP contribution in [-0.4, -0.2) is 20.2 Å². The maximum absolute atomic E-state index is 13.1. The van der Waals surface area contributed by atoms with Crippen molar-refractivity contribution in [1.82, 2.24) is 0 Å². The van der Waals surface area contributed by atoms with E-state index in [0.717, 1.165) is 0 Å². The molecule has 3 nitrogen and oxygen atoms in total. The summed E-state index contributed by atoms with van der Waals surface area (Å²) in [6.45, 7) is 0. The van der Waals surface area contributed by atoms with Crippen LogP contribution >= 0.6 is 0 Å². The summed E-state index contributed by atoms with van der Waals surface area (Å²) in [6.07, 6.45) is 0. The lowest BCUT2D eigenvalue weighted by molar-refractivity contribution is -0.133. The predicted octanol–water partition coefficient (Wildman–Crippen LogP) is 1.36. The van der Waals surface area contributed by atoms with Crippen molar-refractivity contribution in [2.45, 2.75) is 0 Å². The van der Waals surface area contributed by atoms with Gasteiger partial charge < -0.3 is 9.47 Å². The highest BCUT2D eigenvalue weighted by Gasteiger charge is 2.01. The smallest absolute Gasteiger partial charge is 0.384 e. The zero-order chi connectivity index (χ0) is 11.3. The molecule has 78 valence electrons. The third kappa shape index (κ3) is 2.99. The fourth-order valence-electron chi connectivity index (χ4n) is 0.918. The first-order valence-electron chi connectivity index (χ1n) is 4.11. The van der Waals surface area contributed by atoms with Crippen LogP contribution in [0.5, 0.6) is 5.75 Å². The quantitative estimate of drug-likeness (QED) is 0.516. The van der Waals surface area contributed by atoms with Crippen molar-refractivity contribution in [2.24, 2.45) is 0 Å². The molecule has 0 bridgehead atoms. The summed E-state index contributed by atoms with van der Waals surface area (Å²) in [6, 6.07) is 4.18. The summed E-state index contributed by atoms with van der Waals surface area (Å²) < 4.78 is 22.2. The van der Waals surface area contributed by atoms with E-state index in [2.05, 4.69) is 16.6 Å².